The van der Waals surface area contributed by atoms with Gasteiger partial charge in [-0.25, -0.2) is 4.39 Å². The van der Waals surface area contributed by atoms with Crippen LogP contribution in [0.1, 0.15) is 64.1 Å². The third-order valence-electron chi connectivity index (χ3n) is 5.18. The Morgan fingerprint density at radius 3 is 2.52 bits per heavy atom. The van der Waals surface area contributed by atoms with E-state index in [1.54, 1.807) is 6.07 Å². The molecule has 0 saturated heterocycles. The van der Waals surface area contributed by atoms with E-state index in [1.165, 1.54) is 19.3 Å². The van der Waals surface area contributed by atoms with Gasteiger partial charge in [-0.05, 0) is 61.6 Å². The van der Waals surface area contributed by atoms with Crippen LogP contribution in [0.3, 0.4) is 0 Å². The summed E-state index contributed by atoms with van der Waals surface area (Å²) >= 11 is 0. The molecule has 0 bridgehead atoms. The van der Waals surface area contributed by atoms with Crippen LogP contribution < -0.4 is 5.32 Å². The van der Waals surface area contributed by atoms with E-state index < -0.39 is 0 Å². The number of hydrogen-bond donors (Lipinski definition) is 1. The lowest BCUT2D eigenvalue weighted by Crippen LogP contribution is -2.43. The normalized spacial score (nSPS) is 27.9. The predicted octanol–water partition coefficient (Wildman–Crippen LogP) is 5.25. The van der Waals surface area contributed by atoms with Crippen molar-refractivity contribution in [1.29, 1.82) is 0 Å². The molecule has 1 aliphatic rings. The molecule has 1 aromatic rings. The van der Waals surface area contributed by atoms with E-state index in [1.807, 2.05) is 19.1 Å². The zero-order chi connectivity index (χ0) is 15.6. The highest BCUT2D eigenvalue weighted by atomic mass is 19.1. The average molecular weight is 291 g/mol. The number of nitrogens with one attached hydrogen (secondary N) is 1. The molecule has 0 aromatic heterocycles. The Morgan fingerprint density at radius 1 is 1.19 bits per heavy atom. The van der Waals surface area contributed by atoms with Gasteiger partial charge in [-0.15, -0.1) is 0 Å². The summed E-state index contributed by atoms with van der Waals surface area (Å²) in [6.45, 7) is 11.0. The van der Waals surface area contributed by atoms with E-state index in [0.717, 1.165) is 23.0 Å². The van der Waals surface area contributed by atoms with E-state index in [4.69, 9.17) is 0 Å². The summed E-state index contributed by atoms with van der Waals surface area (Å²) in [6, 6.07) is 6.37. The van der Waals surface area contributed by atoms with Crippen molar-refractivity contribution in [1.82, 2.24) is 5.32 Å². The Balaban J connectivity index is 2.08. The topological polar surface area (TPSA) is 12.0 Å². The number of hydrogen-bond acceptors (Lipinski definition) is 1. The van der Waals surface area contributed by atoms with Crippen molar-refractivity contribution in [2.45, 2.75) is 66.0 Å². The minimum Gasteiger partial charge on any atom is -0.307 e. The zero-order valence-electron chi connectivity index (χ0n) is 14.1. The number of aryl methyl sites for hydroxylation is 1. The van der Waals surface area contributed by atoms with Crippen molar-refractivity contribution in [3.05, 3.63) is 35.1 Å². The molecule has 0 aliphatic heterocycles. The molecule has 21 heavy (non-hydrogen) atoms. The number of benzene rings is 1. The molecular weight excluding hydrogens is 261 g/mol. The van der Waals surface area contributed by atoms with Crippen LogP contribution in [0.2, 0.25) is 0 Å². The fourth-order valence-electron chi connectivity index (χ4n) is 3.69. The summed E-state index contributed by atoms with van der Waals surface area (Å²) in [7, 11) is 0. The molecular formula is C19H30FN. The van der Waals surface area contributed by atoms with Gasteiger partial charge in [0, 0.05) is 12.1 Å². The SMILES string of the molecule is Cc1ccc(C(C)NC2CC(C)CCC2C(C)C)cc1F. The molecule has 1 N–H and O–H groups in total. The molecule has 0 heterocycles. The predicted molar refractivity (Wildman–Crippen MR) is 87.8 cm³/mol. The second-order valence-corrected chi connectivity index (χ2v) is 7.33. The number of rotatable bonds is 4. The molecule has 0 spiro atoms. The molecule has 1 saturated carbocycles. The molecule has 118 valence electrons. The van der Waals surface area contributed by atoms with Crippen LogP contribution in [-0.4, -0.2) is 6.04 Å². The Morgan fingerprint density at radius 2 is 1.90 bits per heavy atom. The third-order valence-corrected chi connectivity index (χ3v) is 5.18. The van der Waals surface area contributed by atoms with Crippen LogP contribution in [0.15, 0.2) is 18.2 Å². The largest absolute Gasteiger partial charge is 0.307 e. The maximum Gasteiger partial charge on any atom is 0.126 e. The van der Waals surface area contributed by atoms with Gasteiger partial charge in [0.05, 0.1) is 0 Å². The second-order valence-electron chi connectivity index (χ2n) is 7.33. The molecule has 0 radical (unpaired) electrons. The monoisotopic (exact) mass is 291 g/mol. The molecule has 2 heteroatoms. The highest BCUT2D eigenvalue weighted by molar-refractivity contribution is 5.25. The first-order valence-electron chi connectivity index (χ1n) is 8.40. The van der Waals surface area contributed by atoms with E-state index >= 15 is 0 Å². The van der Waals surface area contributed by atoms with Crippen LogP contribution in [0.25, 0.3) is 0 Å². The minimum atomic E-state index is -0.0985. The van der Waals surface area contributed by atoms with Gasteiger partial charge in [-0.2, -0.15) is 0 Å². The summed E-state index contributed by atoms with van der Waals surface area (Å²) in [6.07, 6.45) is 3.89. The Hall–Kier alpha value is -0.890. The Labute approximate surface area is 129 Å². The van der Waals surface area contributed by atoms with E-state index in [0.29, 0.717) is 12.0 Å². The molecule has 0 amide bonds. The maximum absolute atomic E-state index is 13.8. The van der Waals surface area contributed by atoms with Crippen LogP contribution in [0, 0.1) is 30.5 Å². The number of halogens is 1. The second kappa shape index (κ2) is 6.91. The van der Waals surface area contributed by atoms with Crippen LogP contribution in [0.4, 0.5) is 4.39 Å². The molecule has 1 fully saturated rings. The van der Waals surface area contributed by atoms with Gasteiger partial charge in [0.25, 0.3) is 0 Å². The van der Waals surface area contributed by atoms with Gasteiger partial charge in [0.1, 0.15) is 5.82 Å². The highest BCUT2D eigenvalue weighted by Crippen LogP contribution is 2.34. The van der Waals surface area contributed by atoms with Crippen molar-refractivity contribution < 1.29 is 4.39 Å². The highest BCUT2D eigenvalue weighted by Gasteiger charge is 2.31. The van der Waals surface area contributed by atoms with Gasteiger partial charge >= 0.3 is 0 Å². The minimum absolute atomic E-state index is 0.0985. The van der Waals surface area contributed by atoms with E-state index in [-0.39, 0.29) is 11.9 Å². The smallest absolute Gasteiger partial charge is 0.126 e. The van der Waals surface area contributed by atoms with Gasteiger partial charge in [-0.3, -0.25) is 0 Å². The lowest BCUT2D eigenvalue weighted by molar-refractivity contribution is 0.161. The first-order chi connectivity index (χ1) is 9.88. The van der Waals surface area contributed by atoms with Crippen molar-refractivity contribution in [3.63, 3.8) is 0 Å². The van der Waals surface area contributed by atoms with E-state index in [9.17, 15) is 4.39 Å². The van der Waals surface area contributed by atoms with Crippen LogP contribution >= 0.6 is 0 Å². The van der Waals surface area contributed by atoms with E-state index in [2.05, 4.69) is 33.0 Å². The van der Waals surface area contributed by atoms with Gasteiger partial charge in [0.15, 0.2) is 0 Å². The summed E-state index contributed by atoms with van der Waals surface area (Å²) in [5.41, 5.74) is 1.77. The van der Waals surface area contributed by atoms with Gasteiger partial charge in [0.2, 0.25) is 0 Å². The Bertz CT molecular complexity index is 469. The summed E-state index contributed by atoms with van der Waals surface area (Å²) in [4.78, 5) is 0. The molecule has 4 atom stereocenters. The maximum atomic E-state index is 13.8. The van der Waals surface area contributed by atoms with Gasteiger partial charge < -0.3 is 5.32 Å². The van der Waals surface area contributed by atoms with Gasteiger partial charge in [-0.1, -0.05) is 39.3 Å². The fourth-order valence-corrected chi connectivity index (χ4v) is 3.69. The molecule has 2 rings (SSSR count). The molecule has 1 nitrogen and oxygen atoms in total. The quantitative estimate of drug-likeness (QED) is 0.799. The van der Waals surface area contributed by atoms with Crippen molar-refractivity contribution >= 4 is 0 Å². The lowest BCUT2D eigenvalue weighted by Gasteiger charge is -2.39. The summed E-state index contributed by atoms with van der Waals surface area (Å²) in [5, 5.41) is 3.78. The van der Waals surface area contributed by atoms with Crippen molar-refractivity contribution in [2.75, 3.05) is 0 Å². The van der Waals surface area contributed by atoms with Crippen molar-refractivity contribution in [3.8, 4) is 0 Å². The summed E-state index contributed by atoms with van der Waals surface area (Å²) in [5.74, 6) is 2.13. The molecule has 1 aliphatic carbocycles. The zero-order valence-corrected chi connectivity index (χ0v) is 14.1. The lowest BCUT2D eigenvalue weighted by atomic mass is 9.73. The van der Waals surface area contributed by atoms with Crippen LogP contribution in [-0.2, 0) is 0 Å². The summed E-state index contributed by atoms with van der Waals surface area (Å²) < 4.78 is 13.8. The van der Waals surface area contributed by atoms with Crippen LogP contribution in [0.5, 0.6) is 0 Å². The first kappa shape index (κ1) is 16.5. The standard InChI is InChI=1S/C19H30FN/c1-12(2)17-9-6-13(3)10-19(17)21-15(5)16-8-7-14(4)18(20)11-16/h7-8,11-13,15,17,19,21H,6,9-10H2,1-5H3. The first-order valence-corrected chi connectivity index (χ1v) is 8.40. The fraction of sp³-hybridized carbons (Fsp3) is 0.684. The van der Waals surface area contributed by atoms with Crippen molar-refractivity contribution in [2.24, 2.45) is 17.8 Å². The molecule has 1 aromatic carbocycles. The molecule has 4 unspecified atom stereocenters. The average Bonchev–Trinajstić information content (AvgIpc) is 2.41. The Kier molecular flexibility index (Phi) is 5.43. The third kappa shape index (κ3) is 4.06.